The number of phenolic OH excluding ortho intramolecular Hbond substituents is 3. The summed E-state index contributed by atoms with van der Waals surface area (Å²) in [5.74, 6) is -6.81. The Hall–Kier alpha value is -6.32. The lowest BCUT2D eigenvalue weighted by atomic mass is 9.98. The Kier molecular flexibility index (Phi) is 15.6. The molecule has 2 aliphatic heterocycles. The summed E-state index contributed by atoms with van der Waals surface area (Å²) in [5, 5.41) is 72.3. The lowest BCUT2D eigenvalue weighted by molar-refractivity contribution is -0.383. The van der Waals surface area contributed by atoms with E-state index in [1.807, 2.05) is 0 Å². The van der Waals surface area contributed by atoms with Crippen LogP contribution in [0, 0.1) is 0 Å². The Morgan fingerprint density at radius 2 is 1.26 bits per heavy atom. The molecule has 9 atom stereocenters. The number of carbonyl (C=O) groups excluding carboxylic acids is 4. The predicted molar refractivity (Wildman–Crippen MR) is 208 cm³/mol. The zero-order chi connectivity index (χ0) is 44.3. The smallest absolute Gasteiger partial charge is 0.331 e. The van der Waals surface area contributed by atoms with E-state index in [0.717, 1.165) is 25.2 Å². The zero-order valence-electron chi connectivity index (χ0n) is 32.6. The summed E-state index contributed by atoms with van der Waals surface area (Å²) in [4.78, 5) is 51.6. The topological polar surface area (TPSA) is 284 Å². The molecule has 2 heterocycles. The Morgan fingerprint density at radius 1 is 0.705 bits per heavy atom. The molecule has 0 amide bonds. The third-order valence-electron chi connectivity index (χ3n) is 9.19. The first-order chi connectivity index (χ1) is 29.1. The molecule has 0 bridgehead atoms. The van der Waals surface area contributed by atoms with Gasteiger partial charge in [-0.2, -0.15) is 0 Å². The van der Waals surface area contributed by atoms with Crippen molar-refractivity contribution in [1.29, 1.82) is 0 Å². The number of benzene rings is 3. The van der Waals surface area contributed by atoms with Crippen LogP contribution in [0.2, 0.25) is 0 Å². The number of carbonyl (C=O) groups is 4. The highest BCUT2D eigenvalue weighted by atomic mass is 16.8. The number of phenols is 3. The van der Waals surface area contributed by atoms with Crippen molar-refractivity contribution in [1.82, 2.24) is 0 Å². The molecule has 0 aliphatic carbocycles. The average molecular weight is 853 g/mol. The van der Waals surface area contributed by atoms with Gasteiger partial charge in [-0.25, -0.2) is 14.4 Å². The fraction of sp³-hybridized carbons (Fsp3) is 0.333. The number of aliphatic hydroxyl groups is 4. The predicted octanol–water partition coefficient (Wildman–Crippen LogP) is 1.09. The summed E-state index contributed by atoms with van der Waals surface area (Å²) in [6.07, 6.45) is -7.81. The fourth-order valence-corrected chi connectivity index (χ4v) is 6.11. The number of esters is 4. The second kappa shape index (κ2) is 20.8. The molecule has 2 aliphatic rings. The van der Waals surface area contributed by atoms with E-state index >= 15 is 0 Å². The molecule has 7 N–H and O–H groups in total. The zero-order valence-corrected chi connectivity index (χ0v) is 32.6. The van der Waals surface area contributed by atoms with E-state index in [4.69, 9.17) is 37.9 Å². The minimum Gasteiger partial charge on any atom is -0.508 e. The van der Waals surface area contributed by atoms with Crippen molar-refractivity contribution in [3.8, 4) is 23.0 Å². The number of hydrogen-bond donors (Lipinski definition) is 7. The van der Waals surface area contributed by atoms with E-state index < -0.39 is 98.5 Å². The molecular formula is C42H44O19. The van der Waals surface area contributed by atoms with Gasteiger partial charge in [0.25, 0.3) is 0 Å². The molecule has 3 aromatic carbocycles. The summed E-state index contributed by atoms with van der Waals surface area (Å²) in [5.41, 5.74) is 1.36. The van der Waals surface area contributed by atoms with Crippen molar-refractivity contribution in [3.63, 3.8) is 0 Å². The first-order valence-corrected chi connectivity index (χ1v) is 18.5. The normalized spacial score (nSPS) is 26.3. The van der Waals surface area contributed by atoms with Gasteiger partial charge in [0.2, 0.25) is 12.1 Å². The van der Waals surface area contributed by atoms with Crippen molar-refractivity contribution in [2.24, 2.45) is 0 Å². The summed E-state index contributed by atoms with van der Waals surface area (Å²) >= 11 is 0. The van der Waals surface area contributed by atoms with E-state index in [-0.39, 0.29) is 23.0 Å². The van der Waals surface area contributed by atoms with Crippen LogP contribution in [0.15, 0.2) is 85.0 Å². The number of ether oxygens (including phenoxy) is 8. The highest BCUT2D eigenvalue weighted by Gasteiger charge is 2.62. The van der Waals surface area contributed by atoms with Gasteiger partial charge in [0.15, 0.2) is 23.7 Å². The Morgan fingerprint density at radius 3 is 1.84 bits per heavy atom. The number of rotatable bonds is 16. The Labute approximate surface area is 347 Å². The Bertz CT molecular complexity index is 2080. The summed E-state index contributed by atoms with van der Waals surface area (Å²) < 4.78 is 44.7. The minimum atomic E-state index is -2.65. The maximum absolute atomic E-state index is 13.4. The highest BCUT2D eigenvalue weighted by molar-refractivity contribution is 5.88. The van der Waals surface area contributed by atoms with Gasteiger partial charge >= 0.3 is 23.9 Å². The van der Waals surface area contributed by atoms with E-state index in [9.17, 15) is 54.9 Å². The maximum atomic E-state index is 13.4. The van der Waals surface area contributed by atoms with Crippen LogP contribution < -0.4 is 4.74 Å². The van der Waals surface area contributed by atoms with Crippen LogP contribution >= 0.6 is 0 Å². The molecule has 0 saturated carbocycles. The molecule has 2 saturated heterocycles. The standard InChI is InChI=1S/C42H44O19/c1-23(44)57-39-38(53)36(51)31(20-43)58-41(39)61-42(22-56-34(49)16-8-24-3-11-27(45)12-4-24)40(59-35(50)18-9-25-5-13-28(46)14-6-25)37(52)32(60-42)21-55-33(48)17-10-26-7-15-29(47)30(19-26)54-2/h3-19,31-32,36-41,43,45-47,51-53H,20-22H2,1-2H3. The van der Waals surface area contributed by atoms with Crippen molar-refractivity contribution in [2.75, 3.05) is 26.9 Å². The van der Waals surface area contributed by atoms with Gasteiger partial charge in [-0.1, -0.05) is 30.3 Å². The van der Waals surface area contributed by atoms with Gasteiger partial charge in [0.1, 0.15) is 55.2 Å². The van der Waals surface area contributed by atoms with E-state index in [1.54, 1.807) is 0 Å². The molecular weight excluding hydrogens is 808 g/mol. The SMILES string of the molecule is COc1cc(C=CC(=O)OCC2OC(COC(=O)C=Cc3ccc(O)cc3)(OC3OC(CO)C(O)C(O)C3OC(C)=O)C(OC(=O)C=Cc3ccc(O)cc3)C2O)ccc1O. The lowest BCUT2D eigenvalue weighted by Crippen LogP contribution is -2.64. The van der Waals surface area contributed by atoms with Crippen molar-refractivity contribution >= 4 is 42.1 Å². The molecule has 326 valence electrons. The molecule has 0 radical (unpaired) electrons. The molecule has 0 spiro atoms. The van der Waals surface area contributed by atoms with Crippen LogP contribution in [0.4, 0.5) is 0 Å². The second-order valence-electron chi connectivity index (χ2n) is 13.6. The van der Waals surface area contributed by atoms with Crippen LogP contribution in [-0.4, -0.2) is 141 Å². The molecule has 3 aromatic rings. The van der Waals surface area contributed by atoms with Crippen LogP contribution in [-0.2, 0) is 52.3 Å². The summed E-state index contributed by atoms with van der Waals surface area (Å²) in [6, 6.07) is 15.7. The van der Waals surface area contributed by atoms with Gasteiger partial charge in [-0.15, -0.1) is 0 Å². The molecule has 9 unspecified atom stereocenters. The van der Waals surface area contributed by atoms with Gasteiger partial charge in [0.05, 0.1) is 13.7 Å². The lowest BCUT2D eigenvalue weighted by Gasteiger charge is -2.44. The molecule has 0 aromatic heterocycles. The van der Waals surface area contributed by atoms with E-state index in [1.165, 1.54) is 92.1 Å². The number of hydrogen-bond acceptors (Lipinski definition) is 19. The minimum absolute atomic E-state index is 0.0263. The number of aromatic hydroxyl groups is 3. The van der Waals surface area contributed by atoms with Gasteiger partial charge < -0.3 is 73.6 Å². The van der Waals surface area contributed by atoms with Crippen molar-refractivity contribution < 1.29 is 92.8 Å². The van der Waals surface area contributed by atoms with Crippen molar-refractivity contribution in [2.45, 2.75) is 61.7 Å². The molecule has 19 nitrogen and oxygen atoms in total. The number of methoxy groups -OCH3 is 1. The van der Waals surface area contributed by atoms with Gasteiger partial charge in [-0.3, -0.25) is 4.79 Å². The summed E-state index contributed by atoms with van der Waals surface area (Å²) in [7, 11) is 1.34. The van der Waals surface area contributed by atoms with E-state index in [2.05, 4.69) is 0 Å². The quantitative estimate of drug-likeness (QED) is 0.0603. The van der Waals surface area contributed by atoms with E-state index in [0.29, 0.717) is 16.7 Å². The van der Waals surface area contributed by atoms with Crippen LogP contribution in [0.3, 0.4) is 0 Å². The monoisotopic (exact) mass is 852 g/mol. The van der Waals surface area contributed by atoms with Gasteiger partial charge in [-0.05, 0) is 71.3 Å². The largest absolute Gasteiger partial charge is 0.508 e. The average Bonchev–Trinajstić information content (AvgIpc) is 3.49. The maximum Gasteiger partial charge on any atom is 0.331 e. The first-order valence-electron chi connectivity index (χ1n) is 18.5. The molecule has 2 fully saturated rings. The molecule has 61 heavy (non-hydrogen) atoms. The van der Waals surface area contributed by atoms with Crippen LogP contribution in [0.5, 0.6) is 23.0 Å². The fourth-order valence-electron chi connectivity index (χ4n) is 6.11. The van der Waals surface area contributed by atoms with Gasteiger partial charge in [0, 0.05) is 25.2 Å². The molecule has 19 heteroatoms. The van der Waals surface area contributed by atoms with Crippen molar-refractivity contribution in [3.05, 3.63) is 102 Å². The highest BCUT2D eigenvalue weighted by Crippen LogP contribution is 2.39. The summed E-state index contributed by atoms with van der Waals surface area (Å²) in [6.45, 7) is -1.70. The Balaban J connectivity index is 1.48. The first kappa shape index (κ1) is 45.8. The second-order valence-corrected chi connectivity index (χ2v) is 13.6. The van der Waals surface area contributed by atoms with Crippen LogP contribution in [0.1, 0.15) is 23.6 Å². The third kappa shape index (κ3) is 12.1. The third-order valence-corrected chi connectivity index (χ3v) is 9.19. The van der Waals surface area contributed by atoms with Crippen LogP contribution in [0.25, 0.3) is 18.2 Å². The number of aliphatic hydroxyl groups excluding tert-OH is 4. The molecule has 5 rings (SSSR count).